The topological polar surface area (TPSA) is 36.4 Å². The molecule has 0 aliphatic carbocycles. The Bertz CT molecular complexity index is 622. The van der Waals surface area contributed by atoms with Gasteiger partial charge in [0.1, 0.15) is 5.60 Å². The van der Waals surface area contributed by atoms with Crippen LogP contribution in [-0.4, -0.2) is 34.1 Å². The average Bonchev–Trinajstić information content (AvgIpc) is 3.03. The standard InChI is InChI=1S/C16H18N2O/c19-16(8-11-18-10-3-7-14(16)18)13-6-1-4-12-5-2-9-17-15(12)13/h1-2,4-6,9,14,19H,3,7-8,10-11H2. The van der Waals surface area contributed by atoms with Gasteiger partial charge in [0, 0.05) is 29.7 Å². The molecule has 1 aromatic heterocycles. The molecule has 1 N–H and O–H groups in total. The molecule has 2 fully saturated rings. The van der Waals surface area contributed by atoms with Crippen molar-refractivity contribution in [2.75, 3.05) is 13.1 Å². The third-order valence-electron chi connectivity index (χ3n) is 4.79. The van der Waals surface area contributed by atoms with Gasteiger partial charge in [0.2, 0.25) is 0 Å². The van der Waals surface area contributed by atoms with E-state index in [-0.39, 0.29) is 6.04 Å². The van der Waals surface area contributed by atoms with Crippen molar-refractivity contribution in [1.29, 1.82) is 0 Å². The minimum absolute atomic E-state index is 0.278. The van der Waals surface area contributed by atoms with Crippen LogP contribution in [0, 0.1) is 0 Å². The Balaban J connectivity index is 1.90. The summed E-state index contributed by atoms with van der Waals surface area (Å²) in [5.41, 5.74) is 1.26. The highest BCUT2D eigenvalue weighted by atomic mass is 16.3. The van der Waals surface area contributed by atoms with Crippen molar-refractivity contribution in [2.45, 2.75) is 30.9 Å². The fraction of sp³-hybridized carbons (Fsp3) is 0.438. The number of hydrogen-bond acceptors (Lipinski definition) is 3. The number of rotatable bonds is 1. The Morgan fingerprint density at radius 3 is 3.05 bits per heavy atom. The van der Waals surface area contributed by atoms with Gasteiger partial charge in [-0.05, 0) is 31.9 Å². The van der Waals surface area contributed by atoms with Gasteiger partial charge in [-0.2, -0.15) is 0 Å². The molecule has 0 amide bonds. The van der Waals surface area contributed by atoms with Crippen molar-refractivity contribution in [3.63, 3.8) is 0 Å². The van der Waals surface area contributed by atoms with Crippen molar-refractivity contribution in [2.24, 2.45) is 0 Å². The molecule has 0 radical (unpaired) electrons. The summed E-state index contributed by atoms with van der Waals surface area (Å²) >= 11 is 0. The maximum Gasteiger partial charge on any atom is 0.108 e. The molecule has 1 aromatic carbocycles. The van der Waals surface area contributed by atoms with E-state index in [1.807, 2.05) is 18.3 Å². The highest BCUT2D eigenvalue weighted by Gasteiger charge is 2.49. The van der Waals surface area contributed by atoms with E-state index >= 15 is 0 Å². The maximum atomic E-state index is 11.2. The van der Waals surface area contributed by atoms with Crippen molar-refractivity contribution in [3.05, 3.63) is 42.1 Å². The lowest BCUT2D eigenvalue weighted by atomic mass is 9.84. The zero-order valence-corrected chi connectivity index (χ0v) is 10.9. The van der Waals surface area contributed by atoms with E-state index in [2.05, 4.69) is 28.1 Å². The lowest BCUT2D eigenvalue weighted by Crippen LogP contribution is -2.38. The second-order valence-corrected chi connectivity index (χ2v) is 5.75. The summed E-state index contributed by atoms with van der Waals surface area (Å²) in [4.78, 5) is 6.94. The van der Waals surface area contributed by atoms with Crippen LogP contribution in [0.5, 0.6) is 0 Å². The zero-order chi connectivity index (χ0) is 12.9. The van der Waals surface area contributed by atoms with Gasteiger partial charge in [-0.25, -0.2) is 0 Å². The van der Waals surface area contributed by atoms with E-state index in [0.717, 1.165) is 42.4 Å². The molecule has 0 bridgehead atoms. The van der Waals surface area contributed by atoms with Gasteiger partial charge >= 0.3 is 0 Å². The zero-order valence-electron chi connectivity index (χ0n) is 10.9. The number of aliphatic hydroxyl groups is 1. The van der Waals surface area contributed by atoms with Crippen molar-refractivity contribution >= 4 is 10.9 Å². The molecule has 2 saturated heterocycles. The lowest BCUT2D eigenvalue weighted by Gasteiger charge is -2.31. The van der Waals surface area contributed by atoms with E-state index in [0.29, 0.717) is 0 Å². The van der Waals surface area contributed by atoms with Crippen molar-refractivity contribution < 1.29 is 5.11 Å². The lowest BCUT2D eigenvalue weighted by molar-refractivity contribution is 0.0106. The highest BCUT2D eigenvalue weighted by molar-refractivity contribution is 5.82. The summed E-state index contributed by atoms with van der Waals surface area (Å²) in [5.74, 6) is 0. The van der Waals surface area contributed by atoms with Crippen LogP contribution in [0.3, 0.4) is 0 Å². The summed E-state index contributed by atoms with van der Waals surface area (Å²) in [7, 11) is 0. The molecule has 2 aliphatic heterocycles. The summed E-state index contributed by atoms with van der Waals surface area (Å²) in [6, 6.07) is 10.5. The van der Waals surface area contributed by atoms with Crippen LogP contribution < -0.4 is 0 Å². The Hall–Kier alpha value is -1.45. The number of benzene rings is 1. The molecular weight excluding hydrogens is 236 g/mol. The molecule has 4 rings (SSSR count). The third-order valence-corrected chi connectivity index (χ3v) is 4.79. The molecule has 2 unspecified atom stereocenters. The van der Waals surface area contributed by atoms with Gasteiger partial charge in [0.05, 0.1) is 5.52 Å². The molecule has 98 valence electrons. The summed E-state index contributed by atoms with van der Waals surface area (Å²) in [5, 5.41) is 12.4. The predicted molar refractivity (Wildman–Crippen MR) is 74.9 cm³/mol. The van der Waals surface area contributed by atoms with E-state index < -0.39 is 5.60 Å². The maximum absolute atomic E-state index is 11.2. The van der Waals surface area contributed by atoms with Crippen LogP contribution in [0.2, 0.25) is 0 Å². The smallest absolute Gasteiger partial charge is 0.108 e. The first-order valence-corrected chi connectivity index (χ1v) is 7.10. The van der Waals surface area contributed by atoms with Gasteiger partial charge in [-0.3, -0.25) is 9.88 Å². The fourth-order valence-electron chi connectivity index (χ4n) is 3.88. The molecule has 19 heavy (non-hydrogen) atoms. The molecule has 3 heteroatoms. The van der Waals surface area contributed by atoms with E-state index in [1.165, 1.54) is 6.42 Å². The van der Waals surface area contributed by atoms with Gasteiger partial charge in [-0.1, -0.05) is 24.3 Å². The van der Waals surface area contributed by atoms with Crippen LogP contribution in [0.4, 0.5) is 0 Å². The third kappa shape index (κ3) is 1.55. The summed E-state index contributed by atoms with van der Waals surface area (Å²) in [6.45, 7) is 2.13. The number of nitrogens with zero attached hydrogens (tertiary/aromatic N) is 2. The van der Waals surface area contributed by atoms with Gasteiger partial charge in [0.25, 0.3) is 0 Å². The van der Waals surface area contributed by atoms with Crippen molar-refractivity contribution in [1.82, 2.24) is 9.88 Å². The molecular formula is C16H18N2O. The SMILES string of the molecule is OC1(c2cccc3cccnc23)CCN2CCCC21. The molecule has 3 heterocycles. The number of fused-ring (bicyclic) bond motifs is 2. The van der Waals surface area contributed by atoms with Gasteiger partial charge < -0.3 is 5.11 Å². The first-order chi connectivity index (χ1) is 9.29. The monoisotopic (exact) mass is 254 g/mol. The predicted octanol–water partition coefficient (Wildman–Crippen LogP) is 2.29. The van der Waals surface area contributed by atoms with Gasteiger partial charge in [-0.15, -0.1) is 0 Å². The molecule has 3 nitrogen and oxygen atoms in total. The normalized spacial score (nSPS) is 30.9. The summed E-state index contributed by atoms with van der Waals surface area (Å²) < 4.78 is 0. The molecule has 2 aliphatic rings. The van der Waals surface area contributed by atoms with Crippen LogP contribution in [-0.2, 0) is 5.60 Å². The van der Waals surface area contributed by atoms with E-state index in [1.54, 1.807) is 0 Å². The number of para-hydroxylation sites is 1. The fourth-order valence-corrected chi connectivity index (χ4v) is 3.88. The highest BCUT2D eigenvalue weighted by Crippen LogP contribution is 2.44. The Morgan fingerprint density at radius 2 is 2.11 bits per heavy atom. The van der Waals surface area contributed by atoms with Crippen LogP contribution >= 0.6 is 0 Å². The number of aromatic nitrogens is 1. The minimum atomic E-state index is -0.718. The van der Waals surface area contributed by atoms with Gasteiger partial charge in [0.15, 0.2) is 0 Å². The first kappa shape index (κ1) is 11.4. The van der Waals surface area contributed by atoms with Crippen LogP contribution in [0.25, 0.3) is 10.9 Å². The van der Waals surface area contributed by atoms with Crippen molar-refractivity contribution in [3.8, 4) is 0 Å². The largest absolute Gasteiger partial charge is 0.383 e. The number of pyridine rings is 1. The molecule has 0 spiro atoms. The van der Waals surface area contributed by atoms with E-state index in [4.69, 9.17) is 0 Å². The van der Waals surface area contributed by atoms with E-state index in [9.17, 15) is 5.11 Å². The Morgan fingerprint density at radius 1 is 1.21 bits per heavy atom. The average molecular weight is 254 g/mol. The Labute approximate surface area is 112 Å². The second-order valence-electron chi connectivity index (χ2n) is 5.75. The molecule has 0 saturated carbocycles. The minimum Gasteiger partial charge on any atom is -0.383 e. The number of hydrogen-bond donors (Lipinski definition) is 1. The Kier molecular flexibility index (Phi) is 2.41. The van der Waals surface area contributed by atoms with Crippen LogP contribution in [0.15, 0.2) is 36.5 Å². The second kappa shape index (κ2) is 4.02. The van der Waals surface area contributed by atoms with Crippen LogP contribution in [0.1, 0.15) is 24.8 Å². The summed E-state index contributed by atoms with van der Waals surface area (Å²) in [6.07, 6.45) is 4.94. The first-order valence-electron chi connectivity index (χ1n) is 7.10. The quantitative estimate of drug-likeness (QED) is 0.848. The molecule has 2 atom stereocenters. The molecule has 2 aromatic rings.